The number of hydrogen-bond donors (Lipinski definition) is 3. The van der Waals surface area contributed by atoms with Crippen molar-refractivity contribution in [2.75, 3.05) is 19.7 Å². The Bertz CT molecular complexity index is 677. The van der Waals surface area contributed by atoms with Crippen LogP contribution < -0.4 is 0 Å². The van der Waals surface area contributed by atoms with E-state index >= 15 is 0 Å². The number of aliphatic hydroxyl groups is 3. The van der Waals surface area contributed by atoms with Gasteiger partial charge < -0.3 is 24.8 Å². The highest BCUT2D eigenvalue weighted by Crippen LogP contribution is 2.33. The molecule has 8 heteroatoms. The second-order valence-corrected chi connectivity index (χ2v) is 8.00. The van der Waals surface area contributed by atoms with Crippen LogP contribution in [0, 0.1) is 0 Å². The molecule has 2 rings (SSSR count). The predicted molar refractivity (Wildman–Crippen MR) is 101 cm³/mol. The molecule has 28 heavy (non-hydrogen) atoms. The molecule has 2 aliphatic heterocycles. The van der Waals surface area contributed by atoms with Crippen LogP contribution in [-0.2, 0) is 19.1 Å². The average Bonchev–Trinajstić information content (AvgIpc) is 3.20. The minimum Gasteiger partial charge on any atom is -0.459 e. The Morgan fingerprint density at radius 2 is 2.04 bits per heavy atom. The Morgan fingerprint density at radius 1 is 1.39 bits per heavy atom. The van der Waals surface area contributed by atoms with Crippen LogP contribution in [0.2, 0.25) is 0 Å². The number of carbonyl (C=O) groups is 2. The van der Waals surface area contributed by atoms with Gasteiger partial charge in [0, 0.05) is 18.7 Å². The van der Waals surface area contributed by atoms with Crippen molar-refractivity contribution in [3.05, 3.63) is 23.3 Å². The summed E-state index contributed by atoms with van der Waals surface area (Å²) in [6, 6.07) is -0.191. The molecule has 0 aromatic carbocycles. The van der Waals surface area contributed by atoms with Gasteiger partial charge in [-0.1, -0.05) is 12.2 Å². The quantitative estimate of drug-likeness (QED) is 0.319. The van der Waals surface area contributed by atoms with Gasteiger partial charge in [0.15, 0.2) is 0 Å². The van der Waals surface area contributed by atoms with Crippen molar-refractivity contribution in [2.45, 2.75) is 70.5 Å². The van der Waals surface area contributed by atoms with Crippen molar-refractivity contribution in [3.63, 3.8) is 0 Å². The maximum atomic E-state index is 12.5. The number of esters is 2. The number of rotatable bonds is 7. The van der Waals surface area contributed by atoms with Gasteiger partial charge in [-0.3, -0.25) is 4.90 Å². The van der Waals surface area contributed by atoms with Crippen LogP contribution in [0.25, 0.3) is 0 Å². The molecule has 0 spiro atoms. The zero-order chi connectivity index (χ0) is 21.3. The van der Waals surface area contributed by atoms with Crippen molar-refractivity contribution in [1.82, 2.24) is 4.90 Å². The Balaban J connectivity index is 2.06. The van der Waals surface area contributed by atoms with E-state index < -0.39 is 23.3 Å². The van der Waals surface area contributed by atoms with E-state index in [1.807, 2.05) is 6.08 Å². The molecular weight excluding hydrogens is 366 g/mol. The third-order valence-electron chi connectivity index (χ3n) is 5.65. The number of carbonyl (C=O) groups excluding carboxylic acids is 2. The Kier molecular flexibility index (Phi) is 6.70. The van der Waals surface area contributed by atoms with Gasteiger partial charge in [0.05, 0.1) is 12.1 Å². The molecule has 0 amide bonds. The minimum atomic E-state index is -2.46. The zero-order valence-electron chi connectivity index (χ0n) is 17.1. The largest absolute Gasteiger partial charge is 0.459 e. The molecule has 0 aromatic heterocycles. The van der Waals surface area contributed by atoms with Crippen molar-refractivity contribution >= 4 is 11.9 Å². The lowest BCUT2D eigenvalue weighted by Crippen LogP contribution is -2.63. The maximum Gasteiger partial charge on any atom is 0.344 e. The zero-order valence-corrected chi connectivity index (χ0v) is 17.1. The van der Waals surface area contributed by atoms with Crippen molar-refractivity contribution in [1.29, 1.82) is 0 Å². The summed E-state index contributed by atoms with van der Waals surface area (Å²) in [6.07, 6.45) is 2.40. The molecule has 2 aliphatic rings. The number of hydrogen-bond acceptors (Lipinski definition) is 8. The van der Waals surface area contributed by atoms with Gasteiger partial charge in [-0.15, -0.1) is 0 Å². The van der Waals surface area contributed by atoms with E-state index in [4.69, 9.17) is 9.47 Å². The van der Waals surface area contributed by atoms with Crippen LogP contribution in [0.3, 0.4) is 0 Å². The van der Waals surface area contributed by atoms with Gasteiger partial charge in [-0.25, -0.2) is 9.59 Å². The molecule has 0 bridgehead atoms. The SMILES string of the molecule is C/C=C(/C)C(=O)O[C@H]1CCN2CC=C(COC(=O)[C@](O)(C(C)O)C(C)(C)O)[C@H]12. The smallest absolute Gasteiger partial charge is 0.344 e. The van der Waals surface area contributed by atoms with Crippen molar-refractivity contribution in [2.24, 2.45) is 0 Å². The van der Waals surface area contributed by atoms with Crippen LogP contribution in [0.1, 0.15) is 41.0 Å². The first kappa shape index (κ1) is 22.5. The number of fused-ring (bicyclic) bond motifs is 1. The van der Waals surface area contributed by atoms with E-state index in [1.165, 1.54) is 20.8 Å². The summed E-state index contributed by atoms with van der Waals surface area (Å²) in [5.41, 5.74) is -3.06. The molecule has 158 valence electrons. The lowest BCUT2D eigenvalue weighted by atomic mass is 9.81. The average molecular weight is 397 g/mol. The molecule has 0 saturated carbocycles. The third kappa shape index (κ3) is 4.15. The molecule has 0 aliphatic carbocycles. The first-order valence-electron chi connectivity index (χ1n) is 9.50. The fourth-order valence-corrected chi connectivity index (χ4v) is 3.66. The number of allylic oxidation sites excluding steroid dienone is 1. The molecule has 1 saturated heterocycles. The standard InChI is InChI=1S/C20H31NO7/c1-6-12(2)17(23)28-15-8-10-21-9-7-14(16(15)21)11-27-18(24)20(26,13(3)22)19(4,5)25/h6-7,13,15-16,22,25-26H,8-11H2,1-5H3/b12-6-/t13?,15-,16+,20+/m0/s1. The number of nitrogens with zero attached hydrogens (tertiary/aromatic N) is 1. The first-order valence-corrected chi connectivity index (χ1v) is 9.50. The number of ether oxygens (including phenoxy) is 2. The Labute approximate surface area is 165 Å². The van der Waals surface area contributed by atoms with E-state index in [0.717, 1.165) is 12.1 Å². The topological polar surface area (TPSA) is 117 Å². The molecule has 4 atom stereocenters. The van der Waals surface area contributed by atoms with Gasteiger partial charge in [-0.2, -0.15) is 0 Å². The summed E-state index contributed by atoms with van der Waals surface area (Å²) in [6.45, 7) is 8.42. The normalized spacial score (nSPS) is 26.3. The van der Waals surface area contributed by atoms with E-state index in [1.54, 1.807) is 19.9 Å². The molecule has 0 aromatic rings. The highest BCUT2D eigenvalue weighted by atomic mass is 16.6. The van der Waals surface area contributed by atoms with Gasteiger partial charge in [0.25, 0.3) is 0 Å². The van der Waals surface area contributed by atoms with Crippen LogP contribution >= 0.6 is 0 Å². The fourth-order valence-electron chi connectivity index (χ4n) is 3.66. The van der Waals surface area contributed by atoms with Gasteiger partial charge in [0.1, 0.15) is 18.3 Å². The van der Waals surface area contributed by atoms with E-state index in [0.29, 0.717) is 18.5 Å². The molecule has 1 unspecified atom stereocenters. The van der Waals surface area contributed by atoms with Gasteiger partial charge in [0.2, 0.25) is 5.60 Å². The second kappa shape index (κ2) is 8.32. The lowest BCUT2D eigenvalue weighted by Gasteiger charge is -2.38. The monoisotopic (exact) mass is 397 g/mol. The molecule has 2 heterocycles. The molecular formula is C20H31NO7. The van der Waals surface area contributed by atoms with E-state index in [-0.39, 0.29) is 24.7 Å². The highest BCUT2D eigenvalue weighted by Gasteiger charge is 2.54. The van der Waals surface area contributed by atoms with Crippen LogP contribution in [0.15, 0.2) is 23.3 Å². The van der Waals surface area contributed by atoms with Crippen LogP contribution in [-0.4, -0.2) is 81.3 Å². The second-order valence-electron chi connectivity index (χ2n) is 8.00. The minimum absolute atomic E-state index is 0.123. The van der Waals surface area contributed by atoms with Crippen molar-refractivity contribution in [3.8, 4) is 0 Å². The summed E-state index contributed by atoms with van der Waals surface area (Å²) in [4.78, 5) is 26.7. The Hall–Kier alpha value is -1.74. The third-order valence-corrected chi connectivity index (χ3v) is 5.65. The van der Waals surface area contributed by atoms with Gasteiger partial charge in [-0.05, 0) is 46.6 Å². The van der Waals surface area contributed by atoms with Crippen molar-refractivity contribution < 1.29 is 34.4 Å². The summed E-state index contributed by atoms with van der Waals surface area (Å²) >= 11 is 0. The van der Waals surface area contributed by atoms with Gasteiger partial charge >= 0.3 is 11.9 Å². The predicted octanol–water partition coefficient (Wildman–Crippen LogP) is 0.305. The molecule has 1 fully saturated rings. The van der Waals surface area contributed by atoms with Crippen LogP contribution in [0.4, 0.5) is 0 Å². The lowest BCUT2D eigenvalue weighted by molar-refractivity contribution is -0.213. The van der Waals surface area contributed by atoms with E-state index in [9.17, 15) is 24.9 Å². The highest BCUT2D eigenvalue weighted by molar-refractivity contribution is 5.87. The Morgan fingerprint density at radius 3 is 2.57 bits per heavy atom. The summed E-state index contributed by atoms with van der Waals surface area (Å²) in [7, 11) is 0. The molecule has 8 nitrogen and oxygen atoms in total. The summed E-state index contributed by atoms with van der Waals surface area (Å²) in [5.74, 6) is -1.48. The van der Waals surface area contributed by atoms with Crippen LogP contribution in [0.5, 0.6) is 0 Å². The van der Waals surface area contributed by atoms with E-state index in [2.05, 4.69) is 4.90 Å². The summed E-state index contributed by atoms with van der Waals surface area (Å²) in [5, 5.41) is 30.5. The maximum absolute atomic E-state index is 12.5. The first-order chi connectivity index (χ1) is 12.9. The number of aliphatic hydroxyl groups excluding tert-OH is 1. The molecule has 3 N–H and O–H groups in total. The molecule has 0 radical (unpaired) electrons. The summed E-state index contributed by atoms with van der Waals surface area (Å²) < 4.78 is 10.9. The fraction of sp³-hybridized carbons (Fsp3) is 0.700.